The summed E-state index contributed by atoms with van der Waals surface area (Å²) >= 11 is 6.74. The predicted octanol–water partition coefficient (Wildman–Crippen LogP) is 4.16. The lowest BCUT2D eigenvalue weighted by atomic mass is 10.1. The van der Waals surface area contributed by atoms with Crippen LogP contribution in [0.3, 0.4) is 0 Å². The fourth-order valence-corrected chi connectivity index (χ4v) is 4.20. The van der Waals surface area contributed by atoms with Crippen molar-refractivity contribution in [2.45, 2.75) is 6.42 Å². The van der Waals surface area contributed by atoms with E-state index in [1.807, 2.05) is 48.5 Å². The number of carbonyl (C=O) groups excluding carboxylic acids is 1. The molecule has 0 spiro atoms. The average Bonchev–Trinajstić information content (AvgIpc) is 2.99. The second-order valence-electron chi connectivity index (χ2n) is 6.01. The minimum atomic E-state index is -0.0821. The number of amides is 1. The molecule has 3 rings (SSSR count). The van der Waals surface area contributed by atoms with Crippen LogP contribution in [0.2, 0.25) is 0 Å². The average molecular weight is 416 g/mol. The van der Waals surface area contributed by atoms with Crippen molar-refractivity contribution in [3.63, 3.8) is 0 Å². The van der Waals surface area contributed by atoms with Gasteiger partial charge in [0.15, 0.2) is 11.5 Å². The molecule has 0 atom stereocenters. The number of benzene rings is 2. The summed E-state index contributed by atoms with van der Waals surface area (Å²) in [6.07, 6.45) is 2.49. The predicted molar refractivity (Wildman–Crippen MR) is 116 cm³/mol. The van der Waals surface area contributed by atoms with E-state index in [9.17, 15) is 4.79 Å². The molecular formula is C21H21NO4S2. The Kier molecular flexibility index (Phi) is 6.59. The highest BCUT2D eigenvalue weighted by atomic mass is 32.2. The van der Waals surface area contributed by atoms with Gasteiger partial charge in [-0.2, -0.15) is 0 Å². The quantitative estimate of drug-likeness (QED) is 0.500. The third-order valence-corrected chi connectivity index (χ3v) is 5.75. The number of rotatable bonds is 7. The maximum atomic E-state index is 12.8. The Balaban J connectivity index is 1.73. The number of nitrogens with zero attached hydrogens (tertiary/aromatic N) is 1. The molecule has 1 fully saturated rings. The number of hydrogen-bond donors (Lipinski definition) is 0. The van der Waals surface area contributed by atoms with E-state index < -0.39 is 0 Å². The van der Waals surface area contributed by atoms with Gasteiger partial charge in [0.1, 0.15) is 10.1 Å². The number of carbonyl (C=O) groups is 1. The second-order valence-corrected chi connectivity index (χ2v) is 7.69. The molecule has 0 bridgehead atoms. The summed E-state index contributed by atoms with van der Waals surface area (Å²) in [4.78, 5) is 15.1. The molecule has 2 aromatic rings. The summed E-state index contributed by atoms with van der Waals surface area (Å²) in [6.45, 7) is 0.503. The van der Waals surface area contributed by atoms with Crippen molar-refractivity contribution in [3.05, 3.63) is 58.5 Å². The van der Waals surface area contributed by atoms with Crippen LogP contribution in [-0.2, 0) is 11.2 Å². The van der Waals surface area contributed by atoms with Crippen molar-refractivity contribution in [2.24, 2.45) is 0 Å². The summed E-state index contributed by atoms with van der Waals surface area (Å²) in [7, 11) is 4.82. The van der Waals surface area contributed by atoms with Gasteiger partial charge in [0.2, 0.25) is 0 Å². The lowest BCUT2D eigenvalue weighted by Gasteiger charge is -2.15. The van der Waals surface area contributed by atoms with Gasteiger partial charge < -0.3 is 14.2 Å². The zero-order valence-corrected chi connectivity index (χ0v) is 17.6. The molecule has 28 heavy (non-hydrogen) atoms. The number of thioether (sulfide) groups is 1. The lowest BCUT2D eigenvalue weighted by Crippen LogP contribution is -2.30. The van der Waals surface area contributed by atoms with Crippen LogP contribution < -0.4 is 14.2 Å². The van der Waals surface area contributed by atoms with Crippen LogP contribution in [0.5, 0.6) is 17.2 Å². The van der Waals surface area contributed by atoms with Crippen LogP contribution in [0.15, 0.2) is 47.4 Å². The van der Waals surface area contributed by atoms with Crippen LogP contribution in [0.4, 0.5) is 0 Å². The van der Waals surface area contributed by atoms with E-state index in [1.165, 1.54) is 11.8 Å². The molecule has 0 aliphatic carbocycles. The largest absolute Gasteiger partial charge is 0.496 e. The zero-order chi connectivity index (χ0) is 20.1. The fraction of sp³-hybridized carbons (Fsp3) is 0.238. The van der Waals surface area contributed by atoms with E-state index in [2.05, 4.69) is 0 Å². The van der Waals surface area contributed by atoms with Gasteiger partial charge in [-0.3, -0.25) is 9.69 Å². The maximum Gasteiger partial charge on any atom is 0.266 e. The summed E-state index contributed by atoms with van der Waals surface area (Å²) in [5.74, 6) is 1.98. The molecule has 0 aromatic heterocycles. The highest BCUT2D eigenvalue weighted by molar-refractivity contribution is 8.26. The van der Waals surface area contributed by atoms with Crippen molar-refractivity contribution in [1.29, 1.82) is 0 Å². The monoisotopic (exact) mass is 415 g/mol. The lowest BCUT2D eigenvalue weighted by molar-refractivity contribution is -0.122. The molecule has 1 aliphatic rings. The Hall–Kier alpha value is -2.51. The summed E-state index contributed by atoms with van der Waals surface area (Å²) < 4.78 is 16.5. The molecule has 0 saturated carbocycles. The summed E-state index contributed by atoms with van der Waals surface area (Å²) in [6, 6.07) is 13.3. The second kappa shape index (κ2) is 9.12. The minimum absolute atomic E-state index is 0.0821. The number of para-hydroxylation sites is 1. The number of ether oxygens (including phenoxy) is 3. The Morgan fingerprint density at radius 1 is 1.00 bits per heavy atom. The third kappa shape index (κ3) is 4.31. The van der Waals surface area contributed by atoms with Gasteiger partial charge in [0.25, 0.3) is 5.91 Å². The third-order valence-electron chi connectivity index (χ3n) is 4.37. The van der Waals surface area contributed by atoms with Crippen molar-refractivity contribution in [3.8, 4) is 17.2 Å². The molecule has 1 heterocycles. The van der Waals surface area contributed by atoms with Crippen LogP contribution in [0.1, 0.15) is 11.1 Å². The normalized spacial score (nSPS) is 15.2. The Morgan fingerprint density at radius 3 is 2.43 bits per heavy atom. The smallest absolute Gasteiger partial charge is 0.266 e. The van der Waals surface area contributed by atoms with Gasteiger partial charge in [0.05, 0.1) is 26.2 Å². The van der Waals surface area contributed by atoms with Crippen LogP contribution in [0.25, 0.3) is 6.08 Å². The fourth-order valence-electron chi connectivity index (χ4n) is 2.90. The summed E-state index contributed by atoms with van der Waals surface area (Å²) in [5, 5.41) is 0. The molecule has 2 aromatic carbocycles. The van der Waals surface area contributed by atoms with Crippen LogP contribution >= 0.6 is 24.0 Å². The van der Waals surface area contributed by atoms with Crippen LogP contribution in [0, 0.1) is 0 Å². The standard InChI is InChI=1S/C21H21NO4S2/c1-24-16-7-5-4-6-15(16)13-19-20(23)22(21(27)28-19)11-10-14-8-9-17(25-2)18(12-14)26-3/h4-9,12-13H,10-11H2,1-3H3. The Morgan fingerprint density at radius 2 is 1.71 bits per heavy atom. The highest BCUT2D eigenvalue weighted by Gasteiger charge is 2.31. The van der Waals surface area contributed by atoms with Gasteiger partial charge in [-0.1, -0.05) is 48.2 Å². The number of hydrogen-bond acceptors (Lipinski definition) is 6. The Labute approximate surface area is 174 Å². The molecule has 1 aliphatic heterocycles. The van der Waals surface area contributed by atoms with E-state index >= 15 is 0 Å². The molecule has 0 radical (unpaired) electrons. The topological polar surface area (TPSA) is 48.0 Å². The van der Waals surface area contributed by atoms with Crippen molar-refractivity contribution in [2.75, 3.05) is 27.9 Å². The Bertz CT molecular complexity index is 926. The van der Waals surface area contributed by atoms with Gasteiger partial charge >= 0.3 is 0 Å². The molecular weight excluding hydrogens is 394 g/mol. The van der Waals surface area contributed by atoms with Crippen molar-refractivity contribution in [1.82, 2.24) is 4.90 Å². The first-order valence-electron chi connectivity index (χ1n) is 8.66. The number of methoxy groups -OCH3 is 3. The first-order valence-corrected chi connectivity index (χ1v) is 9.89. The van der Waals surface area contributed by atoms with Crippen LogP contribution in [-0.4, -0.2) is 43.0 Å². The minimum Gasteiger partial charge on any atom is -0.496 e. The van der Waals surface area contributed by atoms with E-state index in [1.54, 1.807) is 26.2 Å². The zero-order valence-electron chi connectivity index (χ0n) is 15.9. The van der Waals surface area contributed by atoms with E-state index in [0.717, 1.165) is 16.9 Å². The van der Waals surface area contributed by atoms with E-state index in [0.29, 0.717) is 33.7 Å². The van der Waals surface area contributed by atoms with Crippen molar-refractivity contribution >= 4 is 40.3 Å². The molecule has 1 amide bonds. The first kappa shape index (κ1) is 20.2. The molecule has 5 nitrogen and oxygen atoms in total. The molecule has 146 valence electrons. The number of thiocarbonyl (C=S) groups is 1. The molecule has 0 N–H and O–H groups in total. The summed E-state index contributed by atoms with van der Waals surface area (Å²) in [5.41, 5.74) is 1.89. The van der Waals surface area contributed by atoms with Gasteiger partial charge in [-0.05, 0) is 36.3 Å². The first-order chi connectivity index (χ1) is 13.6. The van der Waals surface area contributed by atoms with E-state index in [4.69, 9.17) is 26.4 Å². The molecule has 0 unspecified atom stereocenters. The maximum absolute atomic E-state index is 12.8. The molecule has 1 saturated heterocycles. The molecule has 7 heteroatoms. The van der Waals surface area contributed by atoms with Gasteiger partial charge in [-0.25, -0.2) is 0 Å². The van der Waals surface area contributed by atoms with Crippen molar-refractivity contribution < 1.29 is 19.0 Å². The SMILES string of the molecule is COc1ccccc1C=C1SC(=S)N(CCc2ccc(OC)c(OC)c2)C1=O. The van der Waals surface area contributed by atoms with Gasteiger partial charge in [0, 0.05) is 12.1 Å². The highest BCUT2D eigenvalue weighted by Crippen LogP contribution is 2.34. The van der Waals surface area contributed by atoms with Gasteiger partial charge in [-0.15, -0.1) is 0 Å². The van der Waals surface area contributed by atoms with E-state index in [-0.39, 0.29) is 5.91 Å².